The fourth-order valence-corrected chi connectivity index (χ4v) is 1.66. The van der Waals surface area contributed by atoms with Gasteiger partial charge < -0.3 is 4.42 Å². The van der Waals surface area contributed by atoms with Gasteiger partial charge in [-0.2, -0.15) is 0 Å². The molecule has 0 fully saturated rings. The normalized spacial score (nSPS) is 10.1. The lowest BCUT2D eigenvalue weighted by atomic mass is 10.1. The van der Waals surface area contributed by atoms with E-state index in [0.29, 0.717) is 0 Å². The molecule has 0 aliphatic heterocycles. The molecule has 2 aromatic rings. The third kappa shape index (κ3) is 1.67. The number of para-hydroxylation sites is 1. The summed E-state index contributed by atoms with van der Waals surface area (Å²) in [5, 5.41) is 1.03. The molecular weight excluding hydrogens is 184 g/mol. The molecule has 1 aromatic heterocycles. The van der Waals surface area contributed by atoms with Crippen molar-refractivity contribution in [3.63, 3.8) is 0 Å². The molecule has 0 aliphatic rings. The van der Waals surface area contributed by atoms with Gasteiger partial charge in [-0.3, -0.25) is 0 Å². The zero-order valence-corrected chi connectivity index (χ0v) is 8.49. The van der Waals surface area contributed by atoms with E-state index in [0.717, 1.165) is 35.1 Å². The average Bonchev–Trinajstić information content (AvgIpc) is 2.63. The second kappa shape index (κ2) is 4.06. The Hall–Kier alpha value is -1.94. The molecule has 0 atom stereocenters. The van der Waals surface area contributed by atoms with Crippen molar-refractivity contribution in [2.45, 2.75) is 12.8 Å². The first-order valence-corrected chi connectivity index (χ1v) is 4.94. The number of hydrogen-bond acceptors (Lipinski definition) is 1. The molecule has 0 amide bonds. The smallest absolute Gasteiger partial charge is 0.135 e. The van der Waals surface area contributed by atoms with Crippen molar-refractivity contribution >= 4 is 11.0 Å². The number of rotatable bonds is 3. The van der Waals surface area contributed by atoms with E-state index in [1.54, 1.807) is 0 Å². The number of aryl methyl sites for hydroxylation is 1. The second-order valence-corrected chi connectivity index (χ2v) is 3.37. The molecule has 1 heteroatoms. The van der Waals surface area contributed by atoms with Gasteiger partial charge in [0.25, 0.3) is 0 Å². The van der Waals surface area contributed by atoms with Crippen LogP contribution in [0.3, 0.4) is 0 Å². The molecule has 0 saturated heterocycles. The topological polar surface area (TPSA) is 13.1 Å². The van der Waals surface area contributed by atoms with Crippen molar-refractivity contribution in [2.24, 2.45) is 0 Å². The number of terminal acetylenes is 1. The fourth-order valence-electron chi connectivity index (χ4n) is 1.66. The molecule has 0 bridgehead atoms. The molecule has 0 radical (unpaired) electrons. The summed E-state index contributed by atoms with van der Waals surface area (Å²) in [6.45, 7) is 3.69. The van der Waals surface area contributed by atoms with Gasteiger partial charge in [0, 0.05) is 11.8 Å². The number of benzene rings is 1. The van der Waals surface area contributed by atoms with Gasteiger partial charge in [0.15, 0.2) is 0 Å². The van der Waals surface area contributed by atoms with E-state index in [9.17, 15) is 0 Å². The highest BCUT2D eigenvalue weighted by Gasteiger charge is 2.10. The molecule has 15 heavy (non-hydrogen) atoms. The van der Waals surface area contributed by atoms with E-state index in [4.69, 9.17) is 10.8 Å². The average molecular weight is 196 g/mol. The summed E-state index contributed by atoms with van der Waals surface area (Å²) in [7, 11) is 0. The maximum absolute atomic E-state index is 5.70. The van der Waals surface area contributed by atoms with Crippen LogP contribution in [-0.2, 0) is 6.42 Å². The molecule has 0 unspecified atom stereocenters. The van der Waals surface area contributed by atoms with Crippen molar-refractivity contribution in [3.05, 3.63) is 48.2 Å². The summed E-state index contributed by atoms with van der Waals surface area (Å²) in [6.07, 6.45) is 9.07. The maximum Gasteiger partial charge on any atom is 0.135 e. The Balaban J connectivity index is 2.55. The van der Waals surface area contributed by atoms with Crippen LogP contribution in [-0.4, -0.2) is 0 Å². The summed E-state index contributed by atoms with van der Waals surface area (Å²) in [5.41, 5.74) is 1.75. The Morgan fingerprint density at radius 3 is 2.93 bits per heavy atom. The van der Waals surface area contributed by atoms with E-state index in [1.807, 2.05) is 30.3 Å². The molecule has 1 heterocycles. The first-order valence-electron chi connectivity index (χ1n) is 4.94. The number of fused-ring (bicyclic) bond motifs is 1. The maximum atomic E-state index is 5.70. The molecular formula is C14H12O. The van der Waals surface area contributed by atoms with E-state index < -0.39 is 0 Å². The fraction of sp³-hybridized carbons (Fsp3) is 0.143. The molecule has 2 rings (SSSR count). The van der Waals surface area contributed by atoms with Crippen LogP contribution in [0.5, 0.6) is 0 Å². The Labute approximate surface area is 89.4 Å². The lowest BCUT2D eigenvalue weighted by Crippen LogP contribution is -1.83. The van der Waals surface area contributed by atoms with Crippen molar-refractivity contribution in [1.29, 1.82) is 0 Å². The van der Waals surface area contributed by atoms with Gasteiger partial charge in [-0.25, -0.2) is 0 Å². The zero-order valence-electron chi connectivity index (χ0n) is 8.49. The SMILES string of the molecule is C#Cc1c(CCC=C)oc2ccccc12. The molecule has 1 nitrogen and oxygen atoms in total. The Bertz CT molecular complexity index is 526. The highest BCUT2D eigenvalue weighted by Crippen LogP contribution is 2.25. The summed E-state index contributed by atoms with van der Waals surface area (Å²) >= 11 is 0. The first kappa shape index (κ1) is 9.61. The predicted molar refractivity (Wildman–Crippen MR) is 62.7 cm³/mol. The highest BCUT2D eigenvalue weighted by atomic mass is 16.3. The minimum atomic E-state index is 0.817. The number of furan rings is 1. The molecule has 74 valence electrons. The molecule has 0 aliphatic carbocycles. The van der Waals surface area contributed by atoms with Crippen LogP contribution < -0.4 is 0 Å². The minimum absolute atomic E-state index is 0.817. The van der Waals surface area contributed by atoms with Gasteiger partial charge in [0.2, 0.25) is 0 Å². The van der Waals surface area contributed by atoms with E-state index in [2.05, 4.69) is 12.5 Å². The van der Waals surface area contributed by atoms with Gasteiger partial charge in [0.05, 0.1) is 5.56 Å². The van der Waals surface area contributed by atoms with Gasteiger partial charge in [-0.15, -0.1) is 13.0 Å². The van der Waals surface area contributed by atoms with Crippen LogP contribution in [0.15, 0.2) is 41.3 Å². The van der Waals surface area contributed by atoms with Crippen molar-refractivity contribution in [2.75, 3.05) is 0 Å². The molecule has 1 aromatic carbocycles. The number of hydrogen-bond donors (Lipinski definition) is 0. The summed E-state index contributed by atoms with van der Waals surface area (Å²) in [6, 6.07) is 7.85. The summed E-state index contributed by atoms with van der Waals surface area (Å²) in [4.78, 5) is 0. The van der Waals surface area contributed by atoms with Crippen LogP contribution in [0.4, 0.5) is 0 Å². The van der Waals surface area contributed by atoms with Crippen LogP contribution in [0.2, 0.25) is 0 Å². The van der Waals surface area contributed by atoms with Crippen molar-refractivity contribution < 1.29 is 4.42 Å². The van der Waals surface area contributed by atoms with Gasteiger partial charge in [-0.05, 0) is 18.6 Å². The zero-order chi connectivity index (χ0) is 10.7. The van der Waals surface area contributed by atoms with Crippen LogP contribution in [0, 0.1) is 12.3 Å². The lowest BCUT2D eigenvalue weighted by Gasteiger charge is -1.92. The van der Waals surface area contributed by atoms with Crippen molar-refractivity contribution in [3.8, 4) is 12.3 Å². The first-order chi connectivity index (χ1) is 7.36. The summed E-state index contributed by atoms with van der Waals surface area (Å²) in [5.74, 6) is 3.59. The van der Waals surface area contributed by atoms with Crippen molar-refractivity contribution in [1.82, 2.24) is 0 Å². The third-order valence-electron chi connectivity index (χ3n) is 2.39. The Kier molecular flexibility index (Phi) is 2.60. The van der Waals surface area contributed by atoms with Gasteiger partial charge in [-0.1, -0.05) is 24.1 Å². The molecule has 0 saturated carbocycles. The van der Waals surface area contributed by atoms with Crippen LogP contribution in [0.25, 0.3) is 11.0 Å². The predicted octanol–water partition coefficient (Wildman–Crippen LogP) is 3.53. The number of allylic oxidation sites excluding steroid dienone is 1. The largest absolute Gasteiger partial charge is 0.460 e. The van der Waals surface area contributed by atoms with Gasteiger partial charge >= 0.3 is 0 Å². The Morgan fingerprint density at radius 2 is 2.20 bits per heavy atom. The third-order valence-corrected chi connectivity index (χ3v) is 2.39. The quantitative estimate of drug-likeness (QED) is 0.540. The van der Waals surface area contributed by atoms with E-state index in [-0.39, 0.29) is 0 Å². The van der Waals surface area contributed by atoms with E-state index in [1.165, 1.54) is 0 Å². The standard InChI is InChI=1S/C14H12O/c1-3-5-9-13-11(4-2)12-8-6-7-10-14(12)15-13/h2-3,6-8,10H,1,5,9H2. The van der Waals surface area contributed by atoms with Crippen LogP contribution >= 0.6 is 0 Å². The summed E-state index contributed by atoms with van der Waals surface area (Å²) < 4.78 is 5.70. The highest BCUT2D eigenvalue weighted by molar-refractivity contribution is 5.85. The monoisotopic (exact) mass is 196 g/mol. The minimum Gasteiger partial charge on any atom is -0.460 e. The molecule has 0 spiro atoms. The van der Waals surface area contributed by atoms with Crippen LogP contribution in [0.1, 0.15) is 17.7 Å². The van der Waals surface area contributed by atoms with Gasteiger partial charge in [0.1, 0.15) is 11.3 Å². The van der Waals surface area contributed by atoms with E-state index >= 15 is 0 Å². The molecule has 0 N–H and O–H groups in total. The second-order valence-electron chi connectivity index (χ2n) is 3.37. The lowest BCUT2D eigenvalue weighted by molar-refractivity contribution is 0.548. The Morgan fingerprint density at radius 1 is 1.40 bits per heavy atom.